The van der Waals surface area contributed by atoms with Crippen LogP contribution in [0.2, 0.25) is 0 Å². The predicted octanol–water partition coefficient (Wildman–Crippen LogP) is 2.09. The molecule has 1 N–H and O–H groups in total. The van der Waals surface area contributed by atoms with E-state index in [2.05, 4.69) is 42.9 Å². The Balaban J connectivity index is 2.03. The molecular weight excluding hydrogens is 210 g/mol. The lowest BCUT2D eigenvalue weighted by molar-refractivity contribution is -0.00297. The van der Waals surface area contributed by atoms with Crippen LogP contribution < -0.4 is 5.32 Å². The van der Waals surface area contributed by atoms with Gasteiger partial charge in [-0.1, -0.05) is 20.8 Å². The smallest absolute Gasteiger partial charge is 0.0632 e. The van der Waals surface area contributed by atoms with E-state index < -0.39 is 0 Å². The lowest BCUT2D eigenvalue weighted by atomic mass is 9.98. The van der Waals surface area contributed by atoms with Crippen molar-refractivity contribution in [2.45, 2.75) is 64.8 Å². The van der Waals surface area contributed by atoms with Gasteiger partial charge in [0.25, 0.3) is 0 Å². The first-order valence-corrected chi connectivity index (χ1v) is 7.35. The van der Waals surface area contributed by atoms with Crippen LogP contribution in [0, 0.1) is 5.92 Å². The first-order chi connectivity index (χ1) is 8.13. The second kappa shape index (κ2) is 5.68. The van der Waals surface area contributed by atoms with E-state index in [4.69, 9.17) is 0 Å². The first-order valence-electron chi connectivity index (χ1n) is 7.35. The van der Waals surface area contributed by atoms with Gasteiger partial charge >= 0.3 is 0 Å². The first kappa shape index (κ1) is 13.3. The molecular formula is C14H29N3. The Morgan fingerprint density at radius 1 is 1.24 bits per heavy atom. The molecule has 3 unspecified atom stereocenters. The zero-order valence-corrected chi connectivity index (χ0v) is 11.9. The van der Waals surface area contributed by atoms with E-state index in [9.17, 15) is 0 Å². The molecule has 17 heavy (non-hydrogen) atoms. The van der Waals surface area contributed by atoms with Gasteiger partial charge in [0.05, 0.1) is 12.3 Å². The van der Waals surface area contributed by atoms with Gasteiger partial charge < -0.3 is 0 Å². The van der Waals surface area contributed by atoms with Crippen molar-refractivity contribution in [3.05, 3.63) is 0 Å². The van der Waals surface area contributed by atoms with Gasteiger partial charge in [0.1, 0.15) is 0 Å². The molecule has 2 aliphatic rings. The molecule has 3 nitrogen and oxygen atoms in total. The van der Waals surface area contributed by atoms with Crippen molar-refractivity contribution in [2.75, 3.05) is 20.1 Å². The maximum Gasteiger partial charge on any atom is 0.0632 e. The molecule has 2 aliphatic heterocycles. The highest BCUT2D eigenvalue weighted by atomic mass is 15.4. The minimum absolute atomic E-state index is 0.541. The van der Waals surface area contributed by atoms with Crippen molar-refractivity contribution in [1.29, 1.82) is 0 Å². The Bertz CT molecular complexity index is 236. The van der Waals surface area contributed by atoms with Crippen LogP contribution in [0.25, 0.3) is 0 Å². The van der Waals surface area contributed by atoms with Gasteiger partial charge in [-0.05, 0) is 51.7 Å². The van der Waals surface area contributed by atoms with Crippen LogP contribution in [0.3, 0.4) is 0 Å². The molecule has 0 saturated carbocycles. The number of rotatable bonds is 3. The summed E-state index contributed by atoms with van der Waals surface area (Å²) in [6.45, 7) is 9.57. The molecule has 100 valence electrons. The molecule has 0 bridgehead atoms. The van der Waals surface area contributed by atoms with E-state index in [0.29, 0.717) is 18.2 Å². The number of nitrogens with zero attached hydrogens (tertiary/aromatic N) is 2. The Morgan fingerprint density at radius 2 is 1.88 bits per heavy atom. The fourth-order valence-electron chi connectivity index (χ4n) is 3.46. The summed E-state index contributed by atoms with van der Waals surface area (Å²) in [7, 11) is 2.28. The van der Waals surface area contributed by atoms with Gasteiger partial charge in [0.15, 0.2) is 0 Å². The molecule has 2 heterocycles. The van der Waals surface area contributed by atoms with Gasteiger partial charge in [0, 0.05) is 6.04 Å². The third-order valence-corrected chi connectivity index (χ3v) is 4.56. The van der Waals surface area contributed by atoms with E-state index in [1.165, 1.54) is 38.8 Å². The van der Waals surface area contributed by atoms with E-state index >= 15 is 0 Å². The zero-order valence-electron chi connectivity index (χ0n) is 11.9. The third kappa shape index (κ3) is 2.83. The topological polar surface area (TPSA) is 18.5 Å². The highest BCUT2D eigenvalue weighted by Gasteiger charge is 2.36. The lowest BCUT2D eigenvalue weighted by Crippen LogP contribution is -2.64. The van der Waals surface area contributed by atoms with Crippen LogP contribution >= 0.6 is 0 Å². The minimum Gasteiger partial charge on any atom is -0.288 e. The molecule has 0 spiro atoms. The van der Waals surface area contributed by atoms with Crippen molar-refractivity contribution >= 4 is 0 Å². The van der Waals surface area contributed by atoms with Gasteiger partial charge in [0.2, 0.25) is 0 Å². The SMILES string of the molecule is CCC1CC(N2CCCC2)NC(C(C)C)N1C. The van der Waals surface area contributed by atoms with Crippen molar-refractivity contribution in [3.63, 3.8) is 0 Å². The van der Waals surface area contributed by atoms with Crippen molar-refractivity contribution < 1.29 is 0 Å². The van der Waals surface area contributed by atoms with E-state index in [0.717, 1.165) is 6.04 Å². The standard InChI is InChI=1S/C14H29N3/c1-5-12-10-13(17-8-6-7-9-17)15-14(11(2)3)16(12)4/h11-15H,5-10H2,1-4H3. The monoisotopic (exact) mass is 239 g/mol. The molecule has 3 atom stereocenters. The Morgan fingerprint density at radius 3 is 2.41 bits per heavy atom. The maximum atomic E-state index is 3.86. The Kier molecular flexibility index (Phi) is 4.45. The van der Waals surface area contributed by atoms with Crippen LogP contribution in [-0.2, 0) is 0 Å². The van der Waals surface area contributed by atoms with Crippen LogP contribution in [-0.4, -0.2) is 48.3 Å². The van der Waals surface area contributed by atoms with Crippen LogP contribution in [0.15, 0.2) is 0 Å². The summed E-state index contributed by atoms with van der Waals surface area (Å²) in [4.78, 5) is 5.21. The zero-order chi connectivity index (χ0) is 12.4. The van der Waals surface area contributed by atoms with Crippen LogP contribution in [0.1, 0.15) is 46.5 Å². The van der Waals surface area contributed by atoms with Gasteiger partial charge in [-0.25, -0.2) is 0 Å². The summed E-state index contributed by atoms with van der Waals surface area (Å²) in [5.41, 5.74) is 0. The normalized spacial score (nSPS) is 36.9. The van der Waals surface area contributed by atoms with Crippen LogP contribution in [0.4, 0.5) is 0 Å². The Labute approximate surface area is 107 Å². The van der Waals surface area contributed by atoms with Crippen molar-refractivity contribution in [3.8, 4) is 0 Å². The van der Waals surface area contributed by atoms with E-state index in [1.54, 1.807) is 0 Å². The summed E-state index contributed by atoms with van der Waals surface area (Å²) < 4.78 is 0. The molecule has 2 saturated heterocycles. The molecule has 0 aromatic heterocycles. The van der Waals surface area contributed by atoms with Gasteiger partial charge in [-0.15, -0.1) is 0 Å². The average Bonchev–Trinajstić information content (AvgIpc) is 2.82. The average molecular weight is 239 g/mol. The molecule has 2 rings (SSSR count). The van der Waals surface area contributed by atoms with Crippen LogP contribution in [0.5, 0.6) is 0 Å². The lowest BCUT2D eigenvalue weighted by Gasteiger charge is -2.48. The fourth-order valence-corrected chi connectivity index (χ4v) is 3.46. The summed E-state index contributed by atoms with van der Waals surface area (Å²) >= 11 is 0. The van der Waals surface area contributed by atoms with Gasteiger partial charge in [-0.3, -0.25) is 15.1 Å². The molecule has 0 amide bonds. The van der Waals surface area contributed by atoms with Crippen molar-refractivity contribution in [2.24, 2.45) is 5.92 Å². The van der Waals surface area contributed by atoms with E-state index in [1.807, 2.05) is 0 Å². The maximum absolute atomic E-state index is 3.86. The summed E-state index contributed by atoms with van der Waals surface area (Å²) in [6, 6.07) is 0.745. The summed E-state index contributed by atoms with van der Waals surface area (Å²) in [6.07, 6.45) is 6.49. The second-order valence-corrected chi connectivity index (χ2v) is 6.08. The third-order valence-electron chi connectivity index (χ3n) is 4.56. The van der Waals surface area contributed by atoms with Gasteiger partial charge in [-0.2, -0.15) is 0 Å². The quantitative estimate of drug-likeness (QED) is 0.813. The predicted molar refractivity (Wildman–Crippen MR) is 72.8 cm³/mol. The number of nitrogens with one attached hydrogen (secondary N) is 1. The molecule has 2 fully saturated rings. The number of likely N-dealkylation sites (tertiary alicyclic amines) is 1. The molecule has 0 aromatic carbocycles. The second-order valence-electron chi connectivity index (χ2n) is 6.08. The summed E-state index contributed by atoms with van der Waals surface area (Å²) in [5, 5.41) is 3.86. The molecule has 3 heteroatoms. The largest absolute Gasteiger partial charge is 0.288 e. The number of hydrogen-bond donors (Lipinski definition) is 1. The van der Waals surface area contributed by atoms with E-state index in [-0.39, 0.29) is 0 Å². The highest BCUT2D eigenvalue weighted by Crippen LogP contribution is 2.25. The fraction of sp³-hybridized carbons (Fsp3) is 1.00. The summed E-state index contributed by atoms with van der Waals surface area (Å²) in [5.74, 6) is 0.680. The minimum atomic E-state index is 0.541. The molecule has 0 aliphatic carbocycles. The van der Waals surface area contributed by atoms with Crippen molar-refractivity contribution in [1.82, 2.24) is 15.1 Å². The number of hydrogen-bond acceptors (Lipinski definition) is 3. The molecule has 0 radical (unpaired) electrons. The highest BCUT2D eigenvalue weighted by molar-refractivity contribution is 4.89. The molecule has 0 aromatic rings. The Hall–Kier alpha value is -0.120.